The summed E-state index contributed by atoms with van der Waals surface area (Å²) < 4.78 is 19.6. The van der Waals surface area contributed by atoms with Gasteiger partial charge in [-0.3, -0.25) is 4.99 Å². The lowest BCUT2D eigenvalue weighted by Crippen LogP contribution is -2.16. The number of benzene rings is 1. The second kappa shape index (κ2) is 9.61. The quantitative estimate of drug-likeness (QED) is 0.236. The highest BCUT2D eigenvalue weighted by Gasteiger charge is 2.19. The third-order valence-corrected chi connectivity index (χ3v) is 3.50. The van der Waals surface area contributed by atoms with Crippen LogP contribution in [0.15, 0.2) is 28.8 Å². The molecule has 1 aromatic rings. The zero-order valence-electron chi connectivity index (χ0n) is 13.3. The molecule has 0 bridgehead atoms. The van der Waals surface area contributed by atoms with Crippen LogP contribution in [0.4, 0.5) is 4.39 Å². The maximum Gasteiger partial charge on any atom is 0.343 e. The van der Waals surface area contributed by atoms with Crippen LogP contribution in [0.3, 0.4) is 0 Å². The van der Waals surface area contributed by atoms with E-state index in [1.165, 1.54) is 18.3 Å². The van der Waals surface area contributed by atoms with Crippen molar-refractivity contribution in [2.24, 2.45) is 4.99 Å². The fraction of sp³-hybridized carbons (Fsp3) is 0.375. The molecular weight excluding hydrogens is 414 g/mol. The lowest BCUT2D eigenvalue weighted by Gasteiger charge is -2.09. The fourth-order valence-electron chi connectivity index (χ4n) is 1.66. The van der Waals surface area contributed by atoms with Crippen molar-refractivity contribution < 1.29 is 19.0 Å². The first-order valence-electron chi connectivity index (χ1n) is 7.07. The number of aliphatic imine (C=N–C) groups is 1. The van der Waals surface area contributed by atoms with E-state index in [1.807, 2.05) is 41.6 Å². The van der Waals surface area contributed by atoms with Crippen molar-refractivity contribution in [1.82, 2.24) is 4.90 Å². The van der Waals surface area contributed by atoms with E-state index < -0.39 is 17.5 Å². The average Bonchev–Trinajstić information content (AvgIpc) is 2.49. The highest BCUT2D eigenvalue weighted by atomic mass is 127. The Morgan fingerprint density at radius 1 is 1.48 bits per heavy atom. The van der Waals surface area contributed by atoms with Crippen molar-refractivity contribution in [2.75, 3.05) is 33.8 Å². The number of hydrogen-bond donors (Lipinski definition) is 1. The van der Waals surface area contributed by atoms with Crippen LogP contribution in [0.25, 0.3) is 5.76 Å². The molecule has 0 radical (unpaired) electrons. The summed E-state index contributed by atoms with van der Waals surface area (Å²) in [6.07, 6.45) is 1.23. The molecule has 0 heterocycles. The van der Waals surface area contributed by atoms with Crippen molar-refractivity contribution in [3.63, 3.8) is 0 Å². The van der Waals surface area contributed by atoms with E-state index in [4.69, 9.17) is 4.74 Å². The molecule has 0 fully saturated rings. The Labute approximate surface area is 149 Å². The monoisotopic (exact) mass is 434 g/mol. The minimum Gasteiger partial charge on any atom is -0.506 e. The van der Waals surface area contributed by atoms with Crippen LogP contribution in [0.1, 0.15) is 12.5 Å². The summed E-state index contributed by atoms with van der Waals surface area (Å²) in [7, 11) is 3.80. The van der Waals surface area contributed by atoms with Gasteiger partial charge in [-0.2, -0.15) is 0 Å². The van der Waals surface area contributed by atoms with Gasteiger partial charge < -0.3 is 14.7 Å². The zero-order valence-corrected chi connectivity index (χ0v) is 15.5. The molecule has 0 saturated heterocycles. The van der Waals surface area contributed by atoms with Crippen LogP contribution in [-0.4, -0.2) is 56.0 Å². The van der Waals surface area contributed by atoms with Gasteiger partial charge in [0.2, 0.25) is 0 Å². The normalized spacial score (nSPS) is 12.6. The number of carbonyl (C=O) groups is 1. The number of rotatable bonds is 7. The molecule has 1 N–H and O–H groups in total. The first-order chi connectivity index (χ1) is 10.9. The molecule has 1 aromatic carbocycles. The molecule has 126 valence electrons. The standard InChI is InChI=1S/C16H20FIN2O3/c1-4-23-16(22)13(10-19-7-8-20(2)3)15(21)12-9-11(18)5-6-14(12)17/h5-6,9-10,21H,4,7-8H2,1-3H3. The van der Waals surface area contributed by atoms with E-state index in [0.717, 1.165) is 3.57 Å². The molecule has 0 saturated carbocycles. The molecule has 23 heavy (non-hydrogen) atoms. The van der Waals surface area contributed by atoms with Crippen LogP contribution >= 0.6 is 22.6 Å². The van der Waals surface area contributed by atoms with E-state index in [-0.39, 0.29) is 17.7 Å². The molecule has 0 amide bonds. The van der Waals surface area contributed by atoms with Crippen LogP contribution in [0.5, 0.6) is 0 Å². The van der Waals surface area contributed by atoms with Gasteiger partial charge in [0.15, 0.2) is 0 Å². The molecule has 0 spiro atoms. The summed E-state index contributed by atoms with van der Waals surface area (Å²) in [5.74, 6) is -1.84. The molecule has 1 rings (SSSR count). The summed E-state index contributed by atoms with van der Waals surface area (Å²) in [6.45, 7) is 2.93. The Balaban J connectivity index is 3.19. The lowest BCUT2D eigenvalue weighted by molar-refractivity contribution is -0.137. The molecule has 0 aliphatic carbocycles. The van der Waals surface area contributed by atoms with Crippen LogP contribution < -0.4 is 0 Å². The minimum atomic E-state index is -0.739. The molecule has 0 unspecified atom stereocenters. The van der Waals surface area contributed by atoms with Crippen LogP contribution in [-0.2, 0) is 9.53 Å². The number of ether oxygens (including phenoxy) is 1. The average molecular weight is 434 g/mol. The molecule has 0 aliphatic heterocycles. The Morgan fingerprint density at radius 3 is 2.78 bits per heavy atom. The smallest absolute Gasteiger partial charge is 0.343 e. The van der Waals surface area contributed by atoms with E-state index in [9.17, 15) is 14.3 Å². The molecule has 7 heteroatoms. The van der Waals surface area contributed by atoms with Gasteiger partial charge in [0.25, 0.3) is 0 Å². The Hall–Kier alpha value is -1.48. The van der Waals surface area contributed by atoms with Gasteiger partial charge in [-0.25, -0.2) is 9.18 Å². The highest BCUT2D eigenvalue weighted by Crippen LogP contribution is 2.22. The number of esters is 1. The summed E-state index contributed by atoms with van der Waals surface area (Å²) in [6, 6.07) is 4.26. The SMILES string of the molecule is CCOC(=O)C(C=NCCN(C)C)=C(O)c1cc(I)ccc1F. The Bertz CT molecular complexity index is 615. The number of aliphatic hydroxyl groups excluding tert-OH is 1. The summed E-state index contributed by atoms with van der Waals surface area (Å²) in [4.78, 5) is 18.1. The number of nitrogens with zero attached hydrogens (tertiary/aromatic N) is 2. The first kappa shape index (κ1) is 19.6. The van der Waals surface area contributed by atoms with Crippen LogP contribution in [0.2, 0.25) is 0 Å². The molecule has 0 aliphatic rings. The van der Waals surface area contributed by atoms with Gasteiger partial charge in [-0.05, 0) is 61.8 Å². The highest BCUT2D eigenvalue weighted by molar-refractivity contribution is 14.1. The van der Waals surface area contributed by atoms with Gasteiger partial charge >= 0.3 is 5.97 Å². The maximum absolute atomic E-state index is 13.9. The first-order valence-corrected chi connectivity index (χ1v) is 8.15. The van der Waals surface area contributed by atoms with E-state index in [1.54, 1.807) is 13.0 Å². The predicted molar refractivity (Wildman–Crippen MR) is 97.2 cm³/mol. The molecule has 0 aromatic heterocycles. The summed E-state index contributed by atoms with van der Waals surface area (Å²) in [5, 5.41) is 10.3. The minimum absolute atomic E-state index is 0.0565. The van der Waals surface area contributed by atoms with Crippen molar-refractivity contribution in [3.8, 4) is 0 Å². The maximum atomic E-state index is 13.9. The number of likely N-dealkylation sites (N-methyl/N-ethyl adjacent to an activating group) is 1. The van der Waals surface area contributed by atoms with Crippen LogP contribution in [0, 0.1) is 9.39 Å². The third kappa shape index (κ3) is 6.26. The zero-order chi connectivity index (χ0) is 17.4. The Morgan fingerprint density at radius 2 is 2.17 bits per heavy atom. The number of hydrogen-bond acceptors (Lipinski definition) is 5. The topological polar surface area (TPSA) is 62.1 Å². The predicted octanol–water partition coefficient (Wildman–Crippen LogP) is 2.89. The van der Waals surface area contributed by atoms with Gasteiger partial charge in [0.1, 0.15) is 17.1 Å². The van der Waals surface area contributed by atoms with Crippen molar-refractivity contribution >= 4 is 40.5 Å². The van der Waals surface area contributed by atoms with Crippen molar-refractivity contribution in [1.29, 1.82) is 0 Å². The Kier molecular flexibility index (Phi) is 8.18. The fourth-order valence-corrected chi connectivity index (χ4v) is 2.15. The van der Waals surface area contributed by atoms with E-state index in [0.29, 0.717) is 13.1 Å². The number of halogens is 2. The largest absolute Gasteiger partial charge is 0.506 e. The second-order valence-corrected chi connectivity index (χ2v) is 6.19. The van der Waals surface area contributed by atoms with E-state index in [2.05, 4.69) is 4.99 Å². The van der Waals surface area contributed by atoms with Gasteiger partial charge in [0, 0.05) is 16.3 Å². The van der Waals surface area contributed by atoms with Crippen molar-refractivity contribution in [2.45, 2.75) is 6.92 Å². The molecule has 0 atom stereocenters. The molecule has 5 nitrogen and oxygen atoms in total. The molecular formula is C16H20FIN2O3. The number of aliphatic hydroxyl groups is 1. The lowest BCUT2D eigenvalue weighted by atomic mass is 10.1. The van der Waals surface area contributed by atoms with Gasteiger partial charge in [-0.15, -0.1) is 0 Å². The second-order valence-electron chi connectivity index (χ2n) is 4.95. The van der Waals surface area contributed by atoms with Gasteiger partial charge in [-0.1, -0.05) is 0 Å². The third-order valence-electron chi connectivity index (χ3n) is 2.83. The number of carbonyl (C=O) groups excluding carboxylic acids is 1. The van der Waals surface area contributed by atoms with Crippen molar-refractivity contribution in [3.05, 3.63) is 38.7 Å². The summed E-state index contributed by atoms with van der Waals surface area (Å²) >= 11 is 2.00. The van der Waals surface area contributed by atoms with Gasteiger partial charge in [0.05, 0.1) is 18.7 Å². The summed E-state index contributed by atoms with van der Waals surface area (Å²) in [5.41, 5.74) is -0.217. The van der Waals surface area contributed by atoms with E-state index >= 15 is 0 Å².